The van der Waals surface area contributed by atoms with Crippen LogP contribution in [0.25, 0.3) is 0 Å². The summed E-state index contributed by atoms with van der Waals surface area (Å²) < 4.78 is 0. The molecule has 0 spiro atoms. The summed E-state index contributed by atoms with van der Waals surface area (Å²) in [5.74, 6) is -0.0888. The highest BCUT2D eigenvalue weighted by atomic mass is 35.5. The molecule has 0 unspecified atom stereocenters. The van der Waals surface area contributed by atoms with Gasteiger partial charge in [0, 0.05) is 28.9 Å². The first-order valence-electron chi connectivity index (χ1n) is 5.43. The Balaban J connectivity index is 3.04. The Morgan fingerprint density at radius 1 is 1.53 bits per heavy atom. The van der Waals surface area contributed by atoms with E-state index in [1.165, 1.54) is 0 Å². The number of hydrogen-bond donors (Lipinski definition) is 1. The van der Waals surface area contributed by atoms with Crippen molar-refractivity contribution in [1.29, 1.82) is 0 Å². The number of anilines is 1. The molecule has 0 radical (unpaired) electrons. The van der Waals surface area contributed by atoms with Gasteiger partial charge in [-0.15, -0.1) is 6.58 Å². The van der Waals surface area contributed by atoms with E-state index in [0.29, 0.717) is 22.8 Å². The summed E-state index contributed by atoms with van der Waals surface area (Å²) in [6.45, 7) is 8.06. The maximum absolute atomic E-state index is 12.2. The maximum Gasteiger partial charge on any atom is 0.254 e. The first-order valence-corrected chi connectivity index (χ1v) is 5.81. The first-order chi connectivity index (χ1) is 7.95. The molecule has 0 aliphatic carbocycles. The zero-order valence-electron chi connectivity index (χ0n) is 10.1. The van der Waals surface area contributed by atoms with Gasteiger partial charge in [-0.05, 0) is 32.0 Å². The minimum absolute atomic E-state index is 0.0888. The van der Waals surface area contributed by atoms with Gasteiger partial charge in [-0.1, -0.05) is 17.7 Å². The standard InChI is InChI=1S/C13H17ClN2O/c1-4-5-16(9(2)3)13(17)10-6-11(14)8-12(15)7-10/h4,6-9H,1,5,15H2,2-3H3. The summed E-state index contributed by atoms with van der Waals surface area (Å²) in [5, 5.41) is 0.468. The van der Waals surface area contributed by atoms with Crippen molar-refractivity contribution in [2.24, 2.45) is 0 Å². The van der Waals surface area contributed by atoms with Crippen molar-refractivity contribution in [3.63, 3.8) is 0 Å². The second-order valence-corrected chi connectivity index (χ2v) is 4.55. The molecule has 1 rings (SSSR count). The molecule has 4 heteroatoms. The lowest BCUT2D eigenvalue weighted by Gasteiger charge is -2.25. The van der Waals surface area contributed by atoms with Gasteiger partial charge in [0.15, 0.2) is 0 Å². The largest absolute Gasteiger partial charge is 0.399 e. The second kappa shape index (κ2) is 5.73. The van der Waals surface area contributed by atoms with Gasteiger partial charge in [0.1, 0.15) is 0 Å². The number of halogens is 1. The van der Waals surface area contributed by atoms with Gasteiger partial charge < -0.3 is 10.6 Å². The van der Waals surface area contributed by atoms with Crippen LogP contribution in [-0.4, -0.2) is 23.4 Å². The van der Waals surface area contributed by atoms with E-state index in [4.69, 9.17) is 17.3 Å². The van der Waals surface area contributed by atoms with Crippen LogP contribution in [0.2, 0.25) is 5.02 Å². The highest BCUT2D eigenvalue weighted by Crippen LogP contribution is 2.18. The molecule has 0 heterocycles. The molecule has 1 aromatic rings. The summed E-state index contributed by atoms with van der Waals surface area (Å²) in [4.78, 5) is 14.0. The van der Waals surface area contributed by atoms with Crippen LogP contribution in [0.5, 0.6) is 0 Å². The highest BCUT2D eigenvalue weighted by Gasteiger charge is 2.18. The number of amides is 1. The van der Waals surface area contributed by atoms with Crippen molar-refractivity contribution in [3.8, 4) is 0 Å². The number of nitrogen functional groups attached to an aromatic ring is 1. The van der Waals surface area contributed by atoms with Gasteiger partial charge in [0.2, 0.25) is 0 Å². The number of carbonyl (C=O) groups is 1. The third-order valence-corrected chi connectivity index (χ3v) is 2.60. The van der Waals surface area contributed by atoms with Crippen LogP contribution in [0.4, 0.5) is 5.69 Å². The molecule has 0 saturated carbocycles. The lowest BCUT2D eigenvalue weighted by molar-refractivity contribution is 0.0729. The van der Waals surface area contributed by atoms with E-state index in [-0.39, 0.29) is 11.9 Å². The topological polar surface area (TPSA) is 46.3 Å². The number of nitrogens with two attached hydrogens (primary N) is 1. The predicted octanol–water partition coefficient (Wildman–Crippen LogP) is 2.96. The van der Waals surface area contributed by atoms with E-state index < -0.39 is 0 Å². The summed E-state index contributed by atoms with van der Waals surface area (Å²) in [6.07, 6.45) is 1.70. The molecule has 0 fully saturated rings. The molecule has 0 bridgehead atoms. The van der Waals surface area contributed by atoms with E-state index in [0.717, 1.165) is 0 Å². The molecule has 92 valence electrons. The molecule has 3 nitrogen and oxygen atoms in total. The lowest BCUT2D eigenvalue weighted by Crippen LogP contribution is -2.37. The van der Waals surface area contributed by atoms with Crippen LogP contribution in [0.3, 0.4) is 0 Å². The first kappa shape index (κ1) is 13.6. The number of hydrogen-bond acceptors (Lipinski definition) is 2. The highest BCUT2D eigenvalue weighted by molar-refractivity contribution is 6.31. The van der Waals surface area contributed by atoms with Crippen molar-refractivity contribution in [3.05, 3.63) is 41.4 Å². The van der Waals surface area contributed by atoms with Gasteiger partial charge in [-0.25, -0.2) is 0 Å². The quantitative estimate of drug-likeness (QED) is 0.662. The van der Waals surface area contributed by atoms with Gasteiger partial charge in [0.25, 0.3) is 5.91 Å². The molecule has 0 aliphatic heterocycles. The van der Waals surface area contributed by atoms with Crippen molar-refractivity contribution in [2.45, 2.75) is 19.9 Å². The predicted molar refractivity (Wildman–Crippen MR) is 72.2 cm³/mol. The summed E-state index contributed by atoms with van der Waals surface area (Å²) in [5.41, 5.74) is 6.67. The van der Waals surface area contributed by atoms with Gasteiger partial charge in [0.05, 0.1) is 0 Å². The SMILES string of the molecule is C=CCN(C(=O)c1cc(N)cc(Cl)c1)C(C)C. The van der Waals surface area contributed by atoms with Crippen LogP contribution in [0.1, 0.15) is 24.2 Å². The Morgan fingerprint density at radius 2 is 2.18 bits per heavy atom. The smallest absolute Gasteiger partial charge is 0.254 e. The van der Waals surface area contributed by atoms with E-state index >= 15 is 0 Å². The molecule has 0 atom stereocenters. The molecule has 0 aliphatic rings. The second-order valence-electron chi connectivity index (χ2n) is 4.11. The lowest BCUT2D eigenvalue weighted by atomic mass is 10.1. The molecule has 2 N–H and O–H groups in total. The van der Waals surface area contributed by atoms with Gasteiger partial charge in [-0.2, -0.15) is 0 Å². The van der Waals surface area contributed by atoms with E-state index in [9.17, 15) is 4.79 Å². The minimum Gasteiger partial charge on any atom is -0.399 e. The number of carbonyl (C=O) groups excluding carboxylic acids is 1. The van der Waals surface area contributed by atoms with Crippen molar-refractivity contribution >= 4 is 23.2 Å². The van der Waals surface area contributed by atoms with Crippen LogP contribution >= 0.6 is 11.6 Å². The summed E-state index contributed by atoms with van der Waals surface area (Å²) in [7, 11) is 0. The third kappa shape index (κ3) is 3.49. The van der Waals surface area contributed by atoms with Crippen LogP contribution in [-0.2, 0) is 0 Å². The van der Waals surface area contributed by atoms with Crippen molar-refractivity contribution in [1.82, 2.24) is 4.90 Å². The van der Waals surface area contributed by atoms with E-state index in [2.05, 4.69) is 6.58 Å². The zero-order valence-corrected chi connectivity index (χ0v) is 10.9. The van der Waals surface area contributed by atoms with Crippen molar-refractivity contribution < 1.29 is 4.79 Å². The van der Waals surface area contributed by atoms with Crippen molar-refractivity contribution in [2.75, 3.05) is 12.3 Å². The van der Waals surface area contributed by atoms with E-state index in [1.807, 2.05) is 13.8 Å². The monoisotopic (exact) mass is 252 g/mol. The molecule has 0 saturated heterocycles. The molecule has 1 aromatic carbocycles. The van der Waals surface area contributed by atoms with Crippen LogP contribution in [0.15, 0.2) is 30.9 Å². The molecular formula is C13H17ClN2O. The number of nitrogens with zero attached hydrogens (tertiary/aromatic N) is 1. The zero-order chi connectivity index (χ0) is 13.0. The van der Waals surface area contributed by atoms with Gasteiger partial charge in [-0.3, -0.25) is 4.79 Å². The summed E-state index contributed by atoms with van der Waals surface area (Å²) >= 11 is 5.88. The fraction of sp³-hybridized carbons (Fsp3) is 0.308. The fourth-order valence-electron chi connectivity index (χ4n) is 1.57. The number of rotatable bonds is 4. The Bertz CT molecular complexity index is 409. The fourth-order valence-corrected chi connectivity index (χ4v) is 1.81. The van der Waals surface area contributed by atoms with Gasteiger partial charge >= 0.3 is 0 Å². The van der Waals surface area contributed by atoms with Crippen LogP contribution in [0, 0.1) is 0 Å². The molecule has 0 aromatic heterocycles. The molecule has 1 amide bonds. The Morgan fingerprint density at radius 3 is 2.65 bits per heavy atom. The molecular weight excluding hydrogens is 236 g/mol. The molecule has 17 heavy (non-hydrogen) atoms. The van der Waals surface area contributed by atoms with Crippen LogP contribution < -0.4 is 5.73 Å². The summed E-state index contributed by atoms with van der Waals surface area (Å²) in [6, 6.07) is 4.97. The average Bonchev–Trinajstić information content (AvgIpc) is 2.23. The number of benzene rings is 1. The minimum atomic E-state index is -0.0888. The Kier molecular flexibility index (Phi) is 4.58. The normalized spacial score (nSPS) is 10.4. The average molecular weight is 253 g/mol. The third-order valence-electron chi connectivity index (χ3n) is 2.38. The van der Waals surface area contributed by atoms with E-state index in [1.54, 1.807) is 29.2 Å². The Labute approximate surface area is 107 Å². The Hall–Kier alpha value is -1.48. The maximum atomic E-state index is 12.2.